The van der Waals surface area contributed by atoms with Gasteiger partial charge in [-0.2, -0.15) is 0 Å². The molecule has 55 heavy (non-hydrogen) atoms. The fourth-order valence-corrected chi connectivity index (χ4v) is 7.55. The molecule has 0 rings (SSSR count). The number of unbranched alkanes of at least 4 members (excludes halogenated alkanes) is 30. The molecule has 0 radical (unpaired) electrons. The first-order valence-corrected chi connectivity index (χ1v) is 24.8. The van der Waals surface area contributed by atoms with Crippen molar-refractivity contribution in [2.45, 2.75) is 238 Å². The van der Waals surface area contributed by atoms with E-state index in [1.165, 1.54) is 167 Å². The molecule has 0 spiro atoms. The Hall–Kier alpha value is -0.990. The molecule has 0 bridgehead atoms. The number of phosphoric ester groups is 1. The Morgan fingerprint density at radius 2 is 0.818 bits per heavy atom. The molecule has 0 heterocycles. The van der Waals surface area contributed by atoms with Gasteiger partial charge in [0.2, 0.25) is 0 Å². The zero-order valence-electron chi connectivity index (χ0n) is 36.6. The molecule has 0 fully saturated rings. The summed E-state index contributed by atoms with van der Waals surface area (Å²) in [6, 6.07) is 0. The fourth-order valence-electron chi connectivity index (χ4n) is 6.81. The fraction of sp³-hybridized carbons (Fsp3) is 0.956. The van der Waals surface area contributed by atoms with Crippen LogP contribution in [0.2, 0.25) is 0 Å². The van der Waals surface area contributed by atoms with Crippen LogP contribution in [0.5, 0.6) is 0 Å². The molecule has 0 aliphatic heterocycles. The number of hydrogen-bond donors (Lipinski definition) is 1. The Labute approximate surface area is 340 Å². The molecule has 0 amide bonds. The first-order valence-electron chi connectivity index (χ1n) is 23.3. The van der Waals surface area contributed by atoms with Crippen LogP contribution in [0.4, 0.5) is 0 Å². The second kappa shape index (κ2) is 41.2. The van der Waals surface area contributed by atoms with Crippen molar-refractivity contribution in [3.8, 4) is 0 Å². The van der Waals surface area contributed by atoms with Crippen molar-refractivity contribution in [1.82, 2.24) is 4.90 Å². The zero-order valence-corrected chi connectivity index (χ0v) is 37.5. The van der Waals surface area contributed by atoms with Crippen molar-refractivity contribution < 1.29 is 37.6 Å². The number of ether oxygens (including phenoxy) is 2. The molecule has 2 unspecified atom stereocenters. The minimum Gasteiger partial charge on any atom is -0.462 e. The smallest absolute Gasteiger partial charge is 0.462 e. The number of nitrogens with zero attached hydrogens (tertiary/aromatic N) is 1. The van der Waals surface area contributed by atoms with Crippen molar-refractivity contribution in [2.24, 2.45) is 0 Å². The number of carbonyl (C=O) groups excluding carboxylic acids is 2. The SMILES string of the molecule is CCCCCCCCCCCCCCCCCCCCCCCC(=O)OC(COC(=O)CCCCCCCCCCCCC)COP(=O)(O)OCCN(C)C. The lowest BCUT2D eigenvalue weighted by Gasteiger charge is -2.20. The predicted octanol–water partition coefficient (Wildman–Crippen LogP) is 13.4. The Balaban J connectivity index is 4.13. The van der Waals surface area contributed by atoms with Crippen LogP contribution >= 0.6 is 7.82 Å². The van der Waals surface area contributed by atoms with E-state index in [1.54, 1.807) is 0 Å². The zero-order chi connectivity index (χ0) is 40.5. The third-order valence-electron chi connectivity index (χ3n) is 10.4. The van der Waals surface area contributed by atoms with Gasteiger partial charge in [-0.3, -0.25) is 18.6 Å². The number of phosphoric acid groups is 1. The molecule has 2 atom stereocenters. The molecule has 1 N–H and O–H groups in total. The number of likely N-dealkylation sites (N-methyl/N-ethyl adjacent to an activating group) is 1. The number of hydrogen-bond acceptors (Lipinski definition) is 8. The second-order valence-corrected chi connectivity index (χ2v) is 17.8. The maximum atomic E-state index is 12.7. The Kier molecular flexibility index (Phi) is 40.4. The van der Waals surface area contributed by atoms with Gasteiger partial charge in [0, 0.05) is 19.4 Å². The van der Waals surface area contributed by atoms with Gasteiger partial charge in [0.15, 0.2) is 6.10 Å². The maximum Gasteiger partial charge on any atom is 0.472 e. The molecule has 328 valence electrons. The predicted molar refractivity (Wildman–Crippen MR) is 229 cm³/mol. The van der Waals surface area contributed by atoms with E-state index in [4.69, 9.17) is 18.5 Å². The lowest BCUT2D eigenvalue weighted by Crippen LogP contribution is -2.29. The highest BCUT2D eigenvalue weighted by atomic mass is 31.2. The topological polar surface area (TPSA) is 112 Å². The highest BCUT2D eigenvalue weighted by Gasteiger charge is 2.26. The summed E-state index contributed by atoms with van der Waals surface area (Å²) in [5.41, 5.74) is 0. The van der Waals surface area contributed by atoms with Crippen LogP contribution < -0.4 is 0 Å². The molecule has 0 saturated carbocycles. The number of rotatable bonds is 44. The highest BCUT2D eigenvalue weighted by Crippen LogP contribution is 2.43. The largest absolute Gasteiger partial charge is 0.472 e. The average molecular weight is 804 g/mol. The molecule has 9 nitrogen and oxygen atoms in total. The highest BCUT2D eigenvalue weighted by molar-refractivity contribution is 7.47. The first kappa shape index (κ1) is 54.0. The van der Waals surface area contributed by atoms with Crippen LogP contribution in [0.15, 0.2) is 0 Å². The molecule has 10 heteroatoms. The molecule has 0 saturated heterocycles. The second-order valence-electron chi connectivity index (χ2n) is 16.3. The monoisotopic (exact) mass is 804 g/mol. The lowest BCUT2D eigenvalue weighted by atomic mass is 10.0. The van der Waals surface area contributed by atoms with E-state index in [2.05, 4.69) is 13.8 Å². The maximum absolute atomic E-state index is 12.7. The van der Waals surface area contributed by atoms with Gasteiger partial charge in [-0.1, -0.05) is 206 Å². The Morgan fingerprint density at radius 1 is 0.491 bits per heavy atom. The van der Waals surface area contributed by atoms with Gasteiger partial charge in [-0.05, 0) is 26.9 Å². The van der Waals surface area contributed by atoms with Gasteiger partial charge in [-0.25, -0.2) is 4.57 Å². The van der Waals surface area contributed by atoms with E-state index in [1.807, 2.05) is 19.0 Å². The quantitative estimate of drug-likeness (QED) is 0.0365. The van der Waals surface area contributed by atoms with E-state index < -0.39 is 26.5 Å². The van der Waals surface area contributed by atoms with E-state index >= 15 is 0 Å². The third-order valence-corrected chi connectivity index (χ3v) is 11.4. The molecule has 0 aromatic carbocycles. The summed E-state index contributed by atoms with van der Waals surface area (Å²) >= 11 is 0. The molecule has 0 aromatic heterocycles. The van der Waals surface area contributed by atoms with Gasteiger partial charge in [0.25, 0.3) is 0 Å². The van der Waals surface area contributed by atoms with Crippen molar-refractivity contribution in [2.75, 3.05) is 40.5 Å². The van der Waals surface area contributed by atoms with Crippen molar-refractivity contribution >= 4 is 19.8 Å². The summed E-state index contributed by atoms with van der Waals surface area (Å²) in [4.78, 5) is 37.0. The summed E-state index contributed by atoms with van der Waals surface area (Å²) in [5.74, 6) is -0.787. The van der Waals surface area contributed by atoms with Gasteiger partial charge >= 0.3 is 19.8 Å². The number of esters is 2. The summed E-state index contributed by atoms with van der Waals surface area (Å²) in [6.07, 6.45) is 40.1. The summed E-state index contributed by atoms with van der Waals surface area (Å²) in [5, 5.41) is 0. The summed E-state index contributed by atoms with van der Waals surface area (Å²) < 4.78 is 33.5. The van der Waals surface area contributed by atoms with Crippen molar-refractivity contribution in [3.05, 3.63) is 0 Å². The molecule has 0 aromatic rings. The Bertz CT molecular complexity index is 889. The van der Waals surface area contributed by atoms with E-state index in [0.717, 1.165) is 38.5 Å². The van der Waals surface area contributed by atoms with Crippen LogP contribution in [-0.4, -0.2) is 68.3 Å². The van der Waals surface area contributed by atoms with Crippen LogP contribution in [0.1, 0.15) is 232 Å². The lowest BCUT2D eigenvalue weighted by molar-refractivity contribution is -0.161. The standard InChI is InChI=1S/C45H90NO8P/c1-5-7-9-11-13-15-17-18-19-20-21-22-23-24-25-26-28-30-32-34-36-38-45(48)54-43(42-53-55(49,50)52-40-39-46(3)4)41-51-44(47)37-35-33-31-29-27-16-14-12-10-8-6-2/h43H,5-42H2,1-4H3,(H,49,50). The van der Waals surface area contributed by atoms with Crippen LogP contribution in [0, 0.1) is 0 Å². The van der Waals surface area contributed by atoms with E-state index in [-0.39, 0.29) is 25.6 Å². The van der Waals surface area contributed by atoms with Gasteiger partial charge in [0.05, 0.1) is 13.2 Å². The van der Waals surface area contributed by atoms with Crippen LogP contribution in [0.3, 0.4) is 0 Å². The van der Waals surface area contributed by atoms with E-state index in [9.17, 15) is 19.0 Å². The molecule has 0 aliphatic carbocycles. The summed E-state index contributed by atoms with van der Waals surface area (Å²) in [7, 11) is -0.696. The average Bonchev–Trinajstić information content (AvgIpc) is 3.15. The van der Waals surface area contributed by atoms with Crippen molar-refractivity contribution in [1.29, 1.82) is 0 Å². The molecule has 0 aliphatic rings. The minimum atomic E-state index is -4.35. The van der Waals surface area contributed by atoms with Gasteiger partial charge in [0.1, 0.15) is 6.61 Å². The Morgan fingerprint density at radius 3 is 1.16 bits per heavy atom. The summed E-state index contributed by atoms with van der Waals surface area (Å²) in [6.45, 7) is 4.36. The van der Waals surface area contributed by atoms with Crippen molar-refractivity contribution in [3.63, 3.8) is 0 Å². The molecular formula is C45H90NO8P. The molecular weight excluding hydrogens is 713 g/mol. The van der Waals surface area contributed by atoms with Crippen LogP contribution in [0.25, 0.3) is 0 Å². The third kappa shape index (κ3) is 42.4. The normalized spacial score (nSPS) is 13.3. The van der Waals surface area contributed by atoms with Gasteiger partial charge in [-0.15, -0.1) is 0 Å². The van der Waals surface area contributed by atoms with Crippen LogP contribution in [-0.2, 0) is 32.7 Å². The first-order chi connectivity index (χ1) is 26.7. The minimum absolute atomic E-state index is 0.0126. The van der Waals surface area contributed by atoms with E-state index in [0.29, 0.717) is 13.0 Å². The van der Waals surface area contributed by atoms with Gasteiger partial charge < -0.3 is 19.3 Å². The number of carbonyl (C=O) groups is 2.